The molecule has 0 aromatic rings. The van der Waals surface area contributed by atoms with Crippen molar-refractivity contribution in [1.29, 1.82) is 0 Å². The minimum Gasteiger partial charge on any atom is -0.330 e. The van der Waals surface area contributed by atoms with Gasteiger partial charge in [0.1, 0.15) is 0 Å². The van der Waals surface area contributed by atoms with Crippen LogP contribution in [0.5, 0.6) is 0 Å². The lowest BCUT2D eigenvalue weighted by molar-refractivity contribution is -0.0574. The second-order valence-electron chi connectivity index (χ2n) is 5.97. The molecule has 2 N–H and O–H groups in total. The fourth-order valence-corrected chi connectivity index (χ4v) is 4.87. The first-order valence-corrected chi connectivity index (χ1v) is 7.01. The molecule has 1 saturated carbocycles. The molecular formula is C12H23NS. The number of rotatable bonds is 2. The summed E-state index contributed by atoms with van der Waals surface area (Å²) in [6.07, 6.45) is 5.56. The van der Waals surface area contributed by atoms with Gasteiger partial charge in [-0.2, -0.15) is 11.8 Å². The van der Waals surface area contributed by atoms with Gasteiger partial charge in [-0.15, -0.1) is 0 Å². The Morgan fingerprint density at radius 3 is 2.21 bits per heavy atom. The Labute approximate surface area is 92.2 Å². The van der Waals surface area contributed by atoms with E-state index in [0.717, 1.165) is 12.5 Å². The van der Waals surface area contributed by atoms with Crippen molar-refractivity contribution >= 4 is 11.8 Å². The monoisotopic (exact) mass is 213 g/mol. The van der Waals surface area contributed by atoms with E-state index in [9.17, 15) is 0 Å². The summed E-state index contributed by atoms with van der Waals surface area (Å²) in [5, 5.41) is 0. The van der Waals surface area contributed by atoms with Gasteiger partial charge in [0, 0.05) is 0 Å². The zero-order valence-electron chi connectivity index (χ0n) is 9.51. The summed E-state index contributed by atoms with van der Waals surface area (Å²) in [4.78, 5) is 0. The zero-order valence-corrected chi connectivity index (χ0v) is 10.3. The summed E-state index contributed by atoms with van der Waals surface area (Å²) in [6.45, 7) is 5.70. The van der Waals surface area contributed by atoms with Crippen molar-refractivity contribution in [3.8, 4) is 0 Å². The molecule has 0 unspecified atom stereocenters. The molecule has 2 aliphatic rings. The molecule has 1 heterocycles. The van der Waals surface area contributed by atoms with E-state index in [-0.39, 0.29) is 0 Å². The van der Waals surface area contributed by atoms with E-state index in [1.807, 2.05) is 0 Å². The van der Waals surface area contributed by atoms with Crippen LogP contribution in [0.3, 0.4) is 0 Å². The van der Waals surface area contributed by atoms with Crippen molar-refractivity contribution in [2.24, 2.45) is 22.5 Å². The van der Waals surface area contributed by atoms with Gasteiger partial charge < -0.3 is 5.73 Å². The third-order valence-electron chi connectivity index (χ3n) is 4.16. The SMILES string of the molecule is CC1(C)CC(CN)(C2CCSCC2)C1. The summed E-state index contributed by atoms with van der Waals surface area (Å²) in [5.41, 5.74) is 7.12. The van der Waals surface area contributed by atoms with Crippen LogP contribution in [0.15, 0.2) is 0 Å². The first-order chi connectivity index (χ1) is 6.58. The van der Waals surface area contributed by atoms with Gasteiger partial charge in [0.15, 0.2) is 0 Å². The lowest BCUT2D eigenvalue weighted by Gasteiger charge is -2.57. The van der Waals surface area contributed by atoms with Gasteiger partial charge in [0.2, 0.25) is 0 Å². The van der Waals surface area contributed by atoms with Gasteiger partial charge in [-0.3, -0.25) is 0 Å². The van der Waals surface area contributed by atoms with Crippen LogP contribution in [0.2, 0.25) is 0 Å². The Morgan fingerprint density at radius 2 is 1.79 bits per heavy atom. The van der Waals surface area contributed by atoms with Crippen molar-refractivity contribution in [2.75, 3.05) is 18.1 Å². The van der Waals surface area contributed by atoms with Crippen molar-refractivity contribution < 1.29 is 0 Å². The number of thioether (sulfide) groups is 1. The van der Waals surface area contributed by atoms with Gasteiger partial charge in [0.25, 0.3) is 0 Å². The van der Waals surface area contributed by atoms with Crippen LogP contribution in [0.1, 0.15) is 39.5 Å². The third kappa shape index (κ3) is 1.83. The quantitative estimate of drug-likeness (QED) is 0.763. The van der Waals surface area contributed by atoms with Gasteiger partial charge in [-0.25, -0.2) is 0 Å². The van der Waals surface area contributed by atoms with Gasteiger partial charge >= 0.3 is 0 Å². The maximum atomic E-state index is 6.01. The van der Waals surface area contributed by atoms with Gasteiger partial charge in [-0.1, -0.05) is 13.8 Å². The average Bonchev–Trinajstić information content (AvgIpc) is 2.15. The largest absolute Gasteiger partial charge is 0.330 e. The summed E-state index contributed by atoms with van der Waals surface area (Å²) in [5.74, 6) is 3.67. The van der Waals surface area contributed by atoms with E-state index in [2.05, 4.69) is 25.6 Å². The van der Waals surface area contributed by atoms with E-state index in [4.69, 9.17) is 5.73 Å². The standard InChI is InChI=1S/C12H23NS/c1-11(2)7-12(8-11,9-13)10-3-5-14-6-4-10/h10H,3-9,13H2,1-2H3. The molecule has 0 aromatic carbocycles. The molecule has 14 heavy (non-hydrogen) atoms. The van der Waals surface area contributed by atoms with Crippen LogP contribution in [-0.2, 0) is 0 Å². The number of nitrogens with two attached hydrogens (primary N) is 1. The summed E-state index contributed by atoms with van der Waals surface area (Å²) < 4.78 is 0. The smallest absolute Gasteiger partial charge is 0.00175 e. The van der Waals surface area contributed by atoms with Gasteiger partial charge in [-0.05, 0) is 60.5 Å². The van der Waals surface area contributed by atoms with Crippen LogP contribution < -0.4 is 5.73 Å². The second kappa shape index (κ2) is 3.71. The topological polar surface area (TPSA) is 26.0 Å². The van der Waals surface area contributed by atoms with Crippen LogP contribution in [0.4, 0.5) is 0 Å². The lowest BCUT2D eigenvalue weighted by Crippen LogP contribution is -2.53. The van der Waals surface area contributed by atoms with Crippen LogP contribution in [0, 0.1) is 16.7 Å². The fourth-order valence-electron chi connectivity index (χ4n) is 3.76. The maximum absolute atomic E-state index is 6.01. The molecule has 2 heteroatoms. The molecule has 1 nitrogen and oxygen atoms in total. The highest BCUT2D eigenvalue weighted by molar-refractivity contribution is 7.99. The Balaban J connectivity index is 1.99. The van der Waals surface area contributed by atoms with Gasteiger partial charge in [0.05, 0.1) is 0 Å². The predicted molar refractivity (Wildman–Crippen MR) is 64.6 cm³/mol. The van der Waals surface area contributed by atoms with E-state index in [0.29, 0.717) is 10.8 Å². The lowest BCUT2D eigenvalue weighted by atomic mass is 9.49. The molecule has 0 amide bonds. The highest BCUT2D eigenvalue weighted by atomic mass is 32.2. The van der Waals surface area contributed by atoms with E-state index in [1.165, 1.54) is 37.2 Å². The van der Waals surface area contributed by atoms with E-state index < -0.39 is 0 Å². The third-order valence-corrected chi connectivity index (χ3v) is 5.20. The van der Waals surface area contributed by atoms with Crippen molar-refractivity contribution in [3.05, 3.63) is 0 Å². The number of hydrogen-bond donors (Lipinski definition) is 1. The predicted octanol–water partition coefficient (Wildman–Crippen LogP) is 2.89. The molecule has 1 saturated heterocycles. The van der Waals surface area contributed by atoms with Crippen molar-refractivity contribution in [1.82, 2.24) is 0 Å². The number of hydrogen-bond acceptors (Lipinski definition) is 2. The van der Waals surface area contributed by atoms with Crippen molar-refractivity contribution in [2.45, 2.75) is 39.5 Å². The molecule has 0 spiro atoms. The maximum Gasteiger partial charge on any atom is -0.00175 e. The Morgan fingerprint density at radius 1 is 1.21 bits per heavy atom. The molecule has 82 valence electrons. The molecule has 0 radical (unpaired) electrons. The molecule has 0 bridgehead atoms. The Bertz CT molecular complexity index is 198. The summed E-state index contributed by atoms with van der Waals surface area (Å²) >= 11 is 2.12. The first-order valence-electron chi connectivity index (χ1n) is 5.86. The minimum atomic E-state index is 0.532. The summed E-state index contributed by atoms with van der Waals surface area (Å²) in [6, 6.07) is 0. The van der Waals surface area contributed by atoms with Crippen LogP contribution >= 0.6 is 11.8 Å². The van der Waals surface area contributed by atoms with Crippen LogP contribution in [0.25, 0.3) is 0 Å². The van der Waals surface area contributed by atoms with E-state index >= 15 is 0 Å². The molecular weight excluding hydrogens is 190 g/mol. The van der Waals surface area contributed by atoms with Crippen molar-refractivity contribution in [3.63, 3.8) is 0 Å². The molecule has 1 aliphatic heterocycles. The fraction of sp³-hybridized carbons (Fsp3) is 1.00. The molecule has 2 rings (SSSR count). The highest BCUT2D eigenvalue weighted by Gasteiger charge is 2.52. The molecule has 0 atom stereocenters. The first kappa shape index (κ1) is 10.8. The summed E-state index contributed by atoms with van der Waals surface area (Å²) in [7, 11) is 0. The molecule has 2 fully saturated rings. The zero-order chi connectivity index (χ0) is 10.2. The Kier molecular flexibility index (Phi) is 2.87. The minimum absolute atomic E-state index is 0.532. The molecule has 1 aliphatic carbocycles. The second-order valence-corrected chi connectivity index (χ2v) is 7.20. The van der Waals surface area contributed by atoms with E-state index in [1.54, 1.807) is 0 Å². The normalized spacial score (nSPS) is 31.1. The average molecular weight is 213 g/mol. The Hall–Kier alpha value is 0.310. The van der Waals surface area contributed by atoms with Crippen LogP contribution in [-0.4, -0.2) is 18.1 Å². The highest BCUT2D eigenvalue weighted by Crippen LogP contribution is 2.59. The molecule has 0 aromatic heterocycles.